The van der Waals surface area contributed by atoms with Gasteiger partial charge in [-0.05, 0) is 18.2 Å². The van der Waals surface area contributed by atoms with Gasteiger partial charge in [-0.25, -0.2) is 18.4 Å². The molecule has 1 aromatic carbocycles. The van der Waals surface area contributed by atoms with Gasteiger partial charge in [0.05, 0.1) is 4.90 Å². The summed E-state index contributed by atoms with van der Waals surface area (Å²) < 4.78 is 27.7. The molecule has 128 valence electrons. The molecule has 25 heavy (non-hydrogen) atoms. The Balaban J connectivity index is 1.60. The van der Waals surface area contributed by atoms with E-state index in [1.807, 2.05) is 11.0 Å². The second-order valence-electron chi connectivity index (χ2n) is 5.79. The van der Waals surface area contributed by atoms with Gasteiger partial charge in [-0.15, -0.1) is 0 Å². The van der Waals surface area contributed by atoms with Crippen molar-refractivity contribution in [3.63, 3.8) is 0 Å². The Kier molecular flexibility index (Phi) is 4.06. The molecule has 1 aliphatic rings. The quantitative estimate of drug-likeness (QED) is 0.709. The van der Waals surface area contributed by atoms with E-state index in [-0.39, 0.29) is 0 Å². The van der Waals surface area contributed by atoms with Crippen LogP contribution in [-0.4, -0.2) is 53.9 Å². The second-order valence-corrected chi connectivity index (χ2v) is 7.70. The zero-order chi connectivity index (χ0) is 17.3. The molecule has 0 atom stereocenters. The van der Waals surface area contributed by atoms with Crippen molar-refractivity contribution in [3.8, 4) is 0 Å². The number of nitrogens with zero attached hydrogens (tertiary/aromatic N) is 5. The highest BCUT2D eigenvalue weighted by Gasteiger charge is 2.30. The van der Waals surface area contributed by atoms with Crippen molar-refractivity contribution in [2.45, 2.75) is 4.90 Å². The third kappa shape index (κ3) is 2.94. The van der Waals surface area contributed by atoms with Crippen LogP contribution < -0.4 is 4.90 Å². The number of fused-ring (bicyclic) bond motifs is 1. The lowest BCUT2D eigenvalue weighted by molar-refractivity contribution is 0.383. The third-order valence-corrected chi connectivity index (χ3v) is 6.29. The molecule has 1 aliphatic heterocycles. The van der Waals surface area contributed by atoms with Crippen LogP contribution in [0.15, 0.2) is 60.0 Å². The Morgan fingerprint density at radius 1 is 0.880 bits per heavy atom. The Labute approximate surface area is 146 Å². The predicted octanol–water partition coefficient (Wildman–Crippen LogP) is 1.54. The van der Waals surface area contributed by atoms with Gasteiger partial charge >= 0.3 is 0 Å². The lowest BCUT2D eigenvalue weighted by atomic mass is 10.2. The molecule has 4 rings (SSSR count). The smallest absolute Gasteiger partial charge is 0.243 e. The van der Waals surface area contributed by atoms with Crippen LogP contribution in [0.4, 0.5) is 5.95 Å². The van der Waals surface area contributed by atoms with Crippen LogP contribution in [0.5, 0.6) is 0 Å². The monoisotopic (exact) mass is 355 g/mol. The Hall–Kier alpha value is -2.58. The fourth-order valence-corrected chi connectivity index (χ4v) is 4.68. The molecule has 2 aromatic heterocycles. The minimum absolute atomic E-state index is 0.330. The zero-order valence-corrected chi connectivity index (χ0v) is 14.3. The van der Waals surface area contributed by atoms with Crippen LogP contribution in [0.25, 0.3) is 10.8 Å². The molecule has 0 spiro atoms. The van der Waals surface area contributed by atoms with Crippen molar-refractivity contribution in [1.82, 2.24) is 19.3 Å². The van der Waals surface area contributed by atoms with Gasteiger partial charge in [-0.2, -0.15) is 4.31 Å². The number of pyridine rings is 1. The van der Waals surface area contributed by atoms with Crippen molar-refractivity contribution in [1.29, 1.82) is 0 Å². The van der Waals surface area contributed by atoms with Crippen LogP contribution in [0.1, 0.15) is 0 Å². The predicted molar refractivity (Wildman–Crippen MR) is 94.7 cm³/mol. The molecule has 0 N–H and O–H groups in total. The van der Waals surface area contributed by atoms with Gasteiger partial charge in [-0.1, -0.05) is 12.1 Å². The molecular formula is C17H17N5O2S. The number of rotatable bonds is 3. The number of hydrogen-bond donors (Lipinski definition) is 0. The first kappa shape index (κ1) is 15.9. The van der Waals surface area contributed by atoms with Crippen molar-refractivity contribution < 1.29 is 8.42 Å². The maximum Gasteiger partial charge on any atom is 0.243 e. The molecule has 0 radical (unpaired) electrons. The number of sulfonamides is 1. The molecule has 0 amide bonds. The van der Waals surface area contributed by atoms with E-state index in [0.29, 0.717) is 42.4 Å². The Morgan fingerprint density at radius 3 is 2.40 bits per heavy atom. The molecule has 1 fully saturated rings. The van der Waals surface area contributed by atoms with Gasteiger partial charge in [0.25, 0.3) is 0 Å². The fourth-order valence-electron chi connectivity index (χ4n) is 3.04. The lowest BCUT2D eigenvalue weighted by Crippen LogP contribution is -2.49. The summed E-state index contributed by atoms with van der Waals surface area (Å²) in [5.74, 6) is 0.635. The molecule has 7 nitrogen and oxygen atoms in total. The number of piperazine rings is 1. The van der Waals surface area contributed by atoms with Gasteiger partial charge in [0.1, 0.15) is 0 Å². The lowest BCUT2D eigenvalue weighted by Gasteiger charge is -2.34. The van der Waals surface area contributed by atoms with E-state index in [4.69, 9.17) is 0 Å². The maximum atomic E-state index is 13.1. The van der Waals surface area contributed by atoms with Gasteiger partial charge in [-0.3, -0.25) is 4.98 Å². The molecule has 0 saturated carbocycles. The SMILES string of the molecule is O=S(=O)(c1cccc2cnccc12)N1CCN(c2ncccn2)CC1. The molecule has 0 aliphatic carbocycles. The van der Waals surface area contributed by atoms with E-state index in [0.717, 1.165) is 5.39 Å². The standard InChI is InChI=1S/C17H17N5O2S/c23-25(24,16-4-1-3-14-13-18-8-5-15(14)16)22-11-9-21(10-12-22)17-19-6-2-7-20-17/h1-8,13H,9-12H2. The molecule has 3 heterocycles. The summed E-state index contributed by atoms with van der Waals surface area (Å²) in [7, 11) is -3.56. The number of benzene rings is 1. The number of anilines is 1. The topological polar surface area (TPSA) is 79.3 Å². The van der Waals surface area contributed by atoms with E-state index in [1.54, 1.807) is 49.1 Å². The summed E-state index contributed by atoms with van der Waals surface area (Å²) in [5.41, 5.74) is 0. The van der Waals surface area contributed by atoms with Crippen LogP contribution in [0, 0.1) is 0 Å². The molecule has 3 aromatic rings. The highest BCUT2D eigenvalue weighted by atomic mass is 32.2. The normalized spacial score (nSPS) is 16.2. The largest absolute Gasteiger partial charge is 0.338 e. The third-order valence-electron chi connectivity index (χ3n) is 4.33. The van der Waals surface area contributed by atoms with Crippen molar-refractivity contribution in [2.24, 2.45) is 0 Å². The number of hydrogen-bond acceptors (Lipinski definition) is 6. The van der Waals surface area contributed by atoms with Crippen LogP contribution >= 0.6 is 0 Å². The maximum absolute atomic E-state index is 13.1. The second kappa shape index (κ2) is 6.38. The van der Waals surface area contributed by atoms with Crippen molar-refractivity contribution in [2.75, 3.05) is 31.1 Å². The highest BCUT2D eigenvalue weighted by molar-refractivity contribution is 7.89. The fraction of sp³-hybridized carbons (Fsp3) is 0.235. The van der Waals surface area contributed by atoms with Crippen LogP contribution in [0.3, 0.4) is 0 Å². The first-order valence-electron chi connectivity index (χ1n) is 8.01. The van der Waals surface area contributed by atoms with Crippen molar-refractivity contribution >= 4 is 26.7 Å². The molecule has 1 saturated heterocycles. The minimum Gasteiger partial charge on any atom is -0.338 e. The first-order chi connectivity index (χ1) is 12.2. The summed E-state index contributed by atoms with van der Waals surface area (Å²) in [6, 6.07) is 8.79. The van der Waals surface area contributed by atoms with Crippen LogP contribution in [-0.2, 0) is 10.0 Å². The van der Waals surface area contributed by atoms with Crippen LogP contribution in [0.2, 0.25) is 0 Å². The molecule has 0 bridgehead atoms. The van der Waals surface area contributed by atoms with Gasteiger partial charge in [0.2, 0.25) is 16.0 Å². The first-order valence-corrected chi connectivity index (χ1v) is 9.45. The molecular weight excluding hydrogens is 338 g/mol. The van der Waals surface area contributed by atoms with E-state index < -0.39 is 10.0 Å². The molecule has 8 heteroatoms. The summed E-state index contributed by atoms with van der Waals surface area (Å²) in [6.45, 7) is 1.94. The summed E-state index contributed by atoms with van der Waals surface area (Å²) in [4.78, 5) is 14.8. The average Bonchev–Trinajstić information content (AvgIpc) is 2.68. The minimum atomic E-state index is -3.56. The van der Waals surface area contributed by atoms with E-state index in [9.17, 15) is 8.42 Å². The average molecular weight is 355 g/mol. The highest BCUT2D eigenvalue weighted by Crippen LogP contribution is 2.26. The Morgan fingerprint density at radius 2 is 1.64 bits per heavy atom. The summed E-state index contributed by atoms with van der Waals surface area (Å²) in [5, 5.41) is 1.52. The number of aromatic nitrogens is 3. The molecule has 0 unspecified atom stereocenters. The van der Waals surface area contributed by atoms with Crippen molar-refractivity contribution in [3.05, 3.63) is 55.1 Å². The van der Waals surface area contributed by atoms with E-state index in [1.165, 1.54) is 4.31 Å². The summed E-state index contributed by atoms with van der Waals surface area (Å²) in [6.07, 6.45) is 6.68. The van der Waals surface area contributed by atoms with Gasteiger partial charge in [0, 0.05) is 61.7 Å². The Bertz CT molecular complexity index is 981. The zero-order valence-electron chi connectivity index (χ0n) is 13.5. The van der Waals surface area contributed by atoms with E-state index in [2.05, 4.69) is 15.0 Å². The van der Waals surface area contributed by atoms with Gasteiger partial charge < -0.3 is 4.90 Å². The summed E-state index contributed by atoms with van der Waals surface area (Å²) >= 11 is 0. The van der Waals surface area contributed by atoms with Gasteiger partial charge in [0.15, 0.2) is 0 Å². The van der Waals surface area contributed by atoms with E-state index >= 15 is 0 Å².